The topological polar surface area (TPSA) is 0 Å². The molecule has 0 heterocycles. The molecule has 3 aromatic carbocycles. The van der Waals surface area contributed by atoms with Gasteiger partial charge in [-0.15, -0.1) is 0 Å². The molecular weight excluding hydrogens is 314 g/mol. The average molecular weight is 338 g/mol. The Labute approximate surface area is 144 Å². The van der Waals surface area contributed by atoms with E-state index in [2.05, 4.69) is 74.3 Å². The molecule has 0 fully saturated rings. The molecule has 3 rings (SSSR count). The summed E-state index contributed by atoms with van der Waals surface area (Å²) in [5.74, 6) is -0.104. The molecule has 0 aliphatic rings. The van der Waals surface area contributed by atoms with Crippen molar-refractivity contribution in [2.45, 2.75) is 20.0 Å². The van der Waals surface area contributed by atoms with Crippen LogP contribution in [0.4, 0.5) is 4.39 Å². The van der Waals surface area contributed by atoms with Gasteiger partial charge in [0.25, 0.3) is 0 Å². The van der Waals surface area contributed by atoms with Crippen LogP contribution in [0.2, 0.25) is 0 Å². The summed E-state index contributed by atoms with van der Waals surface area (Å²) in [7, 11) is -1.99. The van der Waals surface area contributed by atoms with E-state index in [0.29, 0.717) is 0 Å². The van der Waals surface area contributed by atoms with Crippen molar-refractivity contribution in [1.82, 2.24) is 0 Å². The standard InChI is InChI=1S/C22H24FP/c1-17-14-15-22(23)18(2)21(17)16-24(3,19-10-6-4-7-11-19)20-12-8-5-9-13-20/h4-15,24H,16H2,1-3H3. The Morgan fingerprint density at radius 3 is 1.75 bits per heavy atom. The zero-order valence-corrected chi connectivity index (χ0v) is 15.5. The molecule has 0 atom stereocenters. The second kappa shape index (κ2) is 6.87. The molecule has 0 aromatic heterocycles. The zero-order valence-electron chi connectivity index (χ0n) is 14.5. The molecule has 0 amide bonds. The van der Waals surface area contributed by atoms with Crippen LogP contribution in [0.1, 0.15) is 16.7 Å². The van der Waals surface area contributed by atoms with Gasteiger partial charge in [-0.2, -0.15) is 0 Å². The third-order valence-corrected chi connectivity index (χ3v) is 9.39. The van der Waals surface area contributed by atoms with Gasteiger partial charge in [0, 0.05) is 0 Å². The van der Waals surface area contributed by atoms with Crippen LogP contribution in [-0.4, -0.2) is 6.66 Å². The molecule has 0 unspecified atom stereocenters. The zero-order chi connectivity index (χ0) is 17.2. The van der Waals surface area contributed by atoms with Crippen LogP contribution in [0, 0.1) is 19.7 Å². The Hall–Kier alpha value is -1.98. The molecule has 0 saturated heterocycles. The Morgan fingerprint density at radius 2 is 1.25 bits per heavy atom. The van der Waals surface area contributed by atoms with Gasteiger partial charge in [0.2, 0.25) is 0 Å². The summed E-state index contributed by atoms with van der Waals surface area (Å²) < 4.78 is 14.2. The molecule has 0 spiro atoms. The van der Waals surface area contributed by atoms with Crippen LogP contribution in [-0.2, 0) is 6.16 Å². The van der Waals surface area contributed by atoms with Gasteiger partial charge in [-0.25, -0.2) is 0 Å². The van der Waals surface area contributed by atoms with Crippen LogP contribution >= 0.6 is 7.26 Å². The van der Waals surface area contributed by atoms with Crippen LogP contribution in [0.3, 0.4) is 0 Å². The van der Waals surface area contributed by atoms with Crippen LogP contribution < -0.4 is 10.6 Å². The summed E-state index contributed by atoms with van der Waals surface area (Å²) in [4.78, 5) is 0. The number of hydrogen-bond donors (Lipinski definition) is 0. The van der Waals surface area contributed by atoms with Gasteiger partial charge < -0.3 is 0 Å². The van der Waals surface area contributed by atoms with Crippen molar-refractivity contribution in [3.8, 4) is 0 Å². The van der Waals surface area contributed by atoms with Gasteiger partial charge in [0.1, 0.15) is 0 Å². The van der Waals surface area contributed by atoms with Crippen molar-refractivity contribution < 1.29 is 4.39 Å². The van der Waals surface area contributed by atoms with Gasteiger partial charge in [0.15, 0.2) is 0 Å². The maximum atomic E-state index is 14.2. The van der Waals surface area contributed by atoms with Gasteiger partial charge >= 0.3 is 144 Å². The average Bonchev–Trinajstić information content (AvgIpc) is 2.63. The molecular formula is C22H24FP. The second-order valence-corrected chi connectivity index (χ2v) is 10.9. The first kappa shape index (κ1) is 16.9. The van der Waals surface area contributed by atoms with Crippen molar-refractivity contribution >= 4 is 17.9 Å². The second-order valence-electron chi connectivity index (χ2n) is 6.71. The number of hydrogen-bond acceptors (Lipinski definition) is 0. The summed E-state index contributed by atoms with van der Waals surface area (Å²) in [5.41, 5.74) is 3.14. The number of aryl methyl sites for hydroxylation is 1. The third kappa shape index (κ3) is 3.14. The Kier molecular flexibility index (Phi) is 4.83. The van der Waals surface area contributed by atoms with Gasteiger partial charge in [-0.1, -0.05) is 0 Å². The fourth-order valence-electron chi connectivity index (χ4n) is 3.47. The molecule has 0 saturated carbocycles. The van der Waals surface area contributed by atoms with Crippen LogP contribution in [0.5, 0.6) is 0 Å². The van der Waals surface area contributed by atoms with Crippen molar-refractivity contribution in [2.24, 2.45) is 0 Å². The summed E-state index contributed by atoms with van der Waals surface area (Å²) >= 11 is 0. The molecule has 0 aliphatic heterocycles. The minimum absolute atomic E-state index is 0.104. The Morgan fingerprint density at radius 1 is 0.750 bits per heavy atom. The van der Waals surface area contributed by atoms with Crippen LogP contribution in [0.25, 0.3) is 0 Å². The quantitative estimate of drug-likeness (QED) is 0.589. The number of rotatable bonds is 4. The van der Waals surface area contributed by atoms with Crippen molar-refractivity contribution in [1.29, 1.82) is 0 Å². The molecule has 0 bridgehead atoms. The molecule has 3 aromatic rings. The fraction of sp³-hybridized carbons (Fsp3) is 0.182. The molecule has 0 radical (unpaired) electrons. The van der Waals surface area contributed by atoms with Gasteiger partial charge in [-0.05, 0) is 0 Å². The summed E-state index contributed by atoms with van der Waals surface area (Å²) in [5, 5.41) is 2.78. The SMILES string of the molecule is Cc1ccc(F)c(C)c1C[PH](C)(c1ccccc1)c1ccccc1. The van der Waals surface area contributed by atoms with E-state index in [1.165, 1.54) is 16.2 Å². The first-order chi connectivity index (χ1) is 11.5. The molecule has 0 N–H and O–H groups in total. The van der Waals surface area contributed by atoms with Gasteiger partial charge in [0.05, 0.1) is 0 Å². The third-order valence-electron chi connectivity index (χ3n) is 5.12. The van der Waals surface area contributed by atoms with E-state index in [1.54, 1.807) is 6.07 Å². The monoisotopic (exact) mass is 338 g/mol. The molecule has 124 valence electrons. The van der Waals surface area contributed by atoms with E-state index in [-0.39, 0.29) is 5.82 Å². The molecule has 0 aliphatic carbocycles. The van der Waals surface area contributed by atoms with Crippen molar-refractivity contribution in [3.63, 3.8) is 0 Å². The molecule has 2 heteroatoms. The van der Waals surface area contributed by atoms with E-state index < -0.39 is 7.26 Å². The summed E-state index contributed by atoms with van der Waals surface area (Å²) in [6.45, 7) is 6.39. The van der Waals surface area contributed by atoms with Crippen molar-refractivity contribution in [2.75, 3.05) is 6.66 Å². The van der Waals surface area contributed by atoms with E-state index in [0.717, 1.165) is 17.3 Å². The number of halogens is 1. The normalized spacial score (nSPS) is 12.2. The predicted octanol–water partition coefficient (Wildman–Crippen LogP) is 4.97. The first-order valence-corrected chi connectivity index (χ1v) is 11.1. The van der Waals surface area contributed by atoms with E-state index in [4.69, 9.17) is 0 Å². The fourth-order valence-corrected chi connectivity index (χ4v) is 7.32. The van der Waals surface area contributed by atoms with E-state index >= 15 is 0 Å². The van der Waals surface area contributed by atoms with Crippen LogP contribution in [0.15, 0.2) is 72.8 Å². The maximum absolute atomic E-state index is 14.2. The molecule has 24 heavy (non-hydrogen) atoms. The first-order valence-electron chi connectivity index (χ1n) is 8.38. The number of benzene rings is 3. The molecule has 0 nitrogen and oxygen atoms in total. The van der Waals surface area contributed by atoms with Gasteiger partial charge in [-0.3, -0.25) is 0 Å². The summed E-state index contributed by atoms with van der Waals surface area (Å²) in [6, 6.07) is 24.9. The Balaban J connectivity index is 2.16. The Bertz CT molecular complexity index is 786. The van der Waals surface area contributed by atoms with Crippen molar-refractivity contribution in [3.05, 3.63) is 95.3 Å². The summed E-state index contributed by atoms with van der Waals surface area (Å²) in [6.07, 6.45) is 0.913. The predicted molar refractivity (Wildman–Crippen MR) is 106 cm³/mol. The van der Waals surface area contributed by atoms with E-state index in [1.807, 2.05) is 13.0 Å². The minimum atomic E-state index is -1.99. The van der Waals surface area contributed by atoms with E-state index in [9.17, 15) is 4.39 Å².